The number of halogens is 2. The number of primary sulfonamides is 1. The SMILES string of the molecule is NS(=O)(=O)c1cc(C(F)F)cs1. The molecule has 1 rings (SSSR count). The lowest BCUT2D eigenvalue weighted by Gasteiger charge is -1.90. The number of nitrogens with two attached hydrogens (primary N) is 1. The van der Waals surface area contributed by atoms with Gasteiger partial charge in [0.05, 0.1) is 0 Å². The van der Waals surface area contributed by atoms with Gasteiger partial charge in [0.1, 0.15) is 4.21 Å². The van der Waals surface area contributed by atoms with Crippen LogP contribution in [-0.2, 0) is 10.0 Å². The summed E-state index contributed by atoms with van der Waals surface area (Å²) in [4.78, 5) is 0. The molecule has 68 valence electrons. The zero-order valence-corrected chi connectivity index (χ0v) is 7.33. The van der Waals surface area contributed by atoms with E-state index >= 15 is 0 Å². The van der Waals surface area contributed by atoms with Crippen molar-refractivity contribution in [2.24, 2.45) is 5.14 Å². The van der Waals surface area contributed by atoms with Gasteiger partial charge in [0.25, 0.3) is 6.43 Å². The van der Waals surface area contributed by atoms with Gasteiger partial charge in [-0.2, -0.15) is 0 Å². The molecule has 0 amide bonds. The third-order valence-corrected chi connectivity index (χ3v) is 3.53. The molecule has 0 atom stereocenters. The lowest BCUT2D eigenvalue weighted by molar-refractivity contribution is 0.152. The minimum Gasteiger partial charge on any atom is -0.224 e. The van der Waals surface area contributed by atoms with Crippen LogP contribution < -0.4 is 5.14 Å². The molecule has 7 heteroatoms. The first-order valence-corrected chi connectivity index (χ1v) is 5.23. The van der Waals surface area contributed by atoms with E-state index in [0.717, 1.165) is 11.4 Å². The molecule has 12 heavy (non-hydrogen) atoms. The van der Waals surface area contributed by atoms with E-state index in [-0.39, 0.29) is 9.77 Å². The van der Waals surface area contributed by atoms with E-state index < -0.39 is 16.4 Å². The summed E-state index contributed by atoms with van der Waals surface area (Å²) in [5, 5.41) is 5.78. The Morgan fingerprint density at radius 1 is 1.50 bits per heavy atom. The number of hydrogen-bond donors (Lipinski definition) is 1. The molecule has 0 spiro atoms. The second-order valence-electron chi connectivity index (χ2n) is 2.04. The van der Waals surface area contributed by atoms with Gasteiger partial charge in [0, 0.05) is 10.9 Å². The second-order valence-corrected chi connectivity index (χ2v) is 4.74. The lowest BCUT2D eigenvalue weighted by Crippen LogP contribution is -2.09. The van der Waals surface area contributed by atoms with Gasteiger partial charge in [0.2, 0.25) is 10.0 Å². The highest BCUT2D eigenvalue weighted by atomic mass is 32.2. The van der Waals surface area contributed by atoms with Gasteiger partial charge >= 0.3 is 0 Å². The molecule has 0 saturated heterocycles. The molecule has 0 aliphatic rings. The van der Waals surface area contributed by atoms with E-state index in [1.54, 1.807) is 0 Å². The van der Waals surface area contributed by atoms with Gasteiger partial charge < -0.3 is 0 Å². The smallest absolute Gasteiger partial charge is 0.224 e. The molecular weight excluding hydrogens is 208 g/mol. The molecule has 0 aromatic carbocycles. The van der Waals surface area contributed by atoms with Crippen molar-refractivity contribution in [3.8, 4) is 0 Å². The third-order valence-electron chi connectivity index (χ3n) is 1.13. The highest BCUT2D eigenvalue weighted by Gasteiger charge is 2.15. The largest absolute Gasteiger partial charge is 0.264 e. The zero-order valence-electron chi connectivity index (χ0n) is 5.70. The van der Waals surface area contributed by atoms with Gasteiger partial charge in [-0.25, -0.2) is 22.3 Å². The molecule has 0 fully saturated rings. The molecule has 1 heterocycles. The van der Waals surface area contributed by atoms with Crippen molar-refractivity contribution < 1.29 is 17.2 Å². The average Bonchev–Trinajstić information content (AvgIpc) is 2.30. The summed E-state index contributed by atoms with van der Waals surface area (Å²) in [5.74, 6) is 0. The maximum Gasteiger partial charge on any atom is 0.264 e. The first-order chi connectivity index (χ1) is 5.41. The van der Waals surface area contributed by atoms with E-state index in [9.17, 15) is 17.2 Å². The third kappa shape index (κ3) is 1.99. The Morgan fingerprint density at radius 3 is 2.33 bits per heavy atom. The van der Waals surface area contributed by atoms with Crippen molar-refractivity contribution in [3.63, 3.8) is 0 Å². The van der Waals surface area contributed by atoms with E-state index in [1.165, 1.54) is 0 Å². The van der Waals surface area contributed by atoms with Crippen LogP contribution >= 0.6 is 11.3 Å². The van der Waals surface area contributed by atoms with Crippen LogP contribution in [0.2, 0.25) is 0 Å². The first-order valence-electron chi connectivity index (χ1n) is 2.80. The monoisotopic (exact) mass is 213 g/mol. The fourth-order valence-electron chi connectivity index (χ4n) is 0.594. The van der Waals surface area contributed by atoms with Gasteiger partial charge in [0.15, 0.2) is 0 Å². The van der Waals surface area contributed by atoms with Crippen molar-refractivity contribution in [3.05, 3.63) is 17.0 Å². The molecule has 0 aliphatic heterocycles. The molecule has 3 nitrogen and oxygen atoms in total. The minimum atomic E-state index is -3.83. The summed E-state index contributed by atoms with van der Waals surface area (Å²) in [7, 11) is -3.83. The molecule has 0 unspecified atom stereocenters. The summed E-state index contributed by atoms with van der Waals surface area (Å²) in [6, 6.07) is 0.880. The standard InChI is InChI=1S/C5H5F2NO2S2/c6-5(7)3-1-4(11-2-3)12(8,9)10/h1-2,5H,(H2,8,9,10). The quantitative estimate of drug-likeness (QED) is 0.805. The zero-order chi connectivity index (χ0) is 9.35. The minimum absolute atomic E-state index is 0.238. The summed E-state index contributed by atoms with van der Waals surface area (Å²) in [5.41, 5.74) is -0.316. The fourth-order valence-corrected chi connectivity index (χ4v) is 2.20. The summed E-state index contributed by atoms with van der Waals surface area (Å²) < 4.78 is 44.9. The van der Waals surface area contributed by atoms with Crippen molar-refractivity contribution in [2.75, 3.05) is 0 Å². The van der Waals surface area contributed by atoms with Crippen molar-refractivity contribution in [2.45, 2.75) is 10.6 Å². The molecular formula is C5H5F2NO2S2. The van der Waals surface area contributed by atoms with Crippen molar-refractivity contribution in [1.82, 2.24) is 0 Å². The Kier molecular flexibility index (Phi) is 2.45. The second kappa shape index (κ2) is 3.08. The molecule has 0 saturated carbocycles. The maximum atomic E-state index is 11.9. The highest BCUT2D eigenvalue weighted by Crippen LogP contribution is 2.26. The molecule has 0 bridgehead atoms. The van der Waals surface area contributed by atoms with Crippen molar-refractivity contribution >= 4 is 21.4 Å². The Labute approximate surface area is 71.9 Å². The van der Waals surface area contributed by atoms with Crippen LogP contribution in [0.4, 0.5) is 8.78 Å². The number of alkyl halides is 2. The summed E-state index contributed by atoms with van der Waals surface area (Å²) >= 11 is 0.692. The number of rotatable bonds is 2. The van der Waals surface area contributed by atoms with E-state index in [0.29, 0.717) is 11.3 Å². The Hall–Kier alpha value is -0.530. The maximum absolute atomic E-state index is 11.9. The van der Waals surface area contributed by atoms with Crippen LogP contribution in [0.15, 0.2) is 15.7 Å². The van der Waals surface area contributed by atoms with Gasteiger partial charge in [-0.05, 0) is 6.07 Å². The fraction of sp³-hybridized carbons (Fsp3) is 0.200. The van der Waals surface area contributed by atoms with E-state index in [1.807, 2.05) is 0 Å². The summed E-state index contributed by atoms with van der Waals surface area (Å²) in [6.07, 6.45) is -2.66. The molecule has 1 aromatic rings. The Bertz CT molecular complexity index is 371. The predicted octanol–water partition coefficient (Wildman–Crippen LogP) is 1.33. The van der Waals surface area contributed by atoms with E-state index in [4.69, 9.17) is 5.14 Å². The van der Waals surface area contributed by atoms with Crippen LogP contribution in [0.25, 0.3) is 0 Å². The Morgan fingerprint density at radius 2 is 2.08 bits per heavy atom. The number of hydrogen-bond acceptors (Lipinski definition) is 3. The molecule has 0 aliphatic carbocycles. The van der Waals surface area contributed by atoms with Crippen LogP contribution in [-0.4, -0.2) is 8.42 Å². The normalized spacial score (nSPS) is 12.3. The van der Waals surface area contributed by atoms with Crippen LogP contribution in [0.5, 0.6) is 0 Å². The van der Waals surface area contributed by atoms with Crippen LogP contribution in [0.3, 0.4) is 0 Å². The summed E-state index contributed by atoms with van der Waals surface area (Å²) in [6.45, 7) is 0. The topological polar surface area (TPSA) is 60.2 Å². The number of sulfonamides is 1. The van der Waals surface area contributed by atoms with Crippen molar-refractivity contribution in [1.29, 1.82) is 0 Å². The van der Waals surface area contributed by atoms with Gasteiger partial charge in [-0.15, -0.1) is 11.3 Å². The first kappa shape index (κ1) is 9.56. The van der Waals surface area contributed by atoms with Gasteiger partial charge in [-0.3, -0.25) is 0 Å². The van der Waals surface area contributed by atoms with Crippen LogP contribution in [0.1, 0.15) is 12.0 Å². The average molecular weight is 213 g/mol. The number of thiophene rings is 1. The molecule has 0 radical (unpaired) electrons. The molecule has 1 aromatic heterocycles. The highest BCUT2D eigenvalue weighted by molar-refractivity contribution is 7.91. The van der Waals surface area contributed by atoms with Crippen LogP contribution in [0, 0.1) is 0 Å². The van der Waals surface area contributed by atoms with Gasteiger partial charge in [-0.1, -0.05) is 0 Å². The van der Waals surface area contributed by atoms with E-state index in [2.05, 4.69) is 0 Å². The Balaban J connectivity index is 3.09. The molecule has 2 N–H and O–H groups in total. The lowest BCUT2D eigenvalue weighted by atomic mass is 10.4. The predicted molar refractivity (Wildman–Crippen MR) is 40.6 cm³/mol.